The van der Waals surface area contributed by atoms with Crippen LogP contribution in [0.3, 0.4) is 0 Å². The van der Waals surface area contributed by atoms with Crippen molar-refractivity contribution in [2.75, 3.05) is 12.3 Å². The Bertz CT molecular complexity index is 676. The lowest BCUT2D eigenvalue weighted by Gasteiger charge is -2.17. The lowest BCUT2D eigenvalue weighted by Crippen LogP contribution is -2.39. The largest absolute Gasteiger partial charge is 0.481 e. The van der Waals surface area contributed by atoms with Gasteiger partial charge in [-0.05, 0) is 43.2 Å². The summed E-state index contributed by atoms with van der Waals surface area (Å²) in [5, 5.41) is 2.90. The van der Waals surface area contributed by atoms with Crippen LogP contribution in [0.15, 0.2) is 48.5 Å². The van der Waals surface area contributed by atoms with Crippen molar-refractivity contribution in [3.05, 3.63) is 65.5 Å². The number of benzene rings is 2. The highest BCUT2D eigenvalue weighted by atomic mass is 32.2. The van der Waals surface area contributed by atoms with Gasteiger partial charge in [0.15, 0.2) is 6.10 Å². The van der Waals surface area contributed by atoms with E-state index < -0.39 is 6.10 Å². The van der Waals surface area contributed by atoms with Crippen molar-refractivity contribution in [1.29, 1.82) is 0 Å². The van der Waals surface area contributed by atoms with Crippen LogP contribution in [0.4, 0.5) is 4.39 Å². The fourth-order valence-electron chi connectivity index (χ4n) is 2.35. The minimum Gasteiger partial charge on any atom is -0.481 e. The molecule has 2 aromatic carbocycles. The summed E-state index contributed by atoms with van der Waals surface area (Å²) in [6.45, 7) is 4.57. The van der Waals surface area contributed by atoms with Crippen molar-refractivity contribution in [3.63, 3.8) is 0 Å². The molecule has 0 aromatic heterocycles. The average molecular weight is 361 g/mol. The second-order valence-electron chi connectivity index (χ2n) is 5.80. The highest BCUT2D eigenvalue weighted by molar-refractivity contribution is 7.98. The molecule has 0 aliphatic rings. The number of hydrogen-bond donors (Lipinski definition) is 1. The van der Waals surface area contributed by atoms with Crippen LogP contribution in [0.2, 0.25) is 0 Å². The molecule has 0 unspecified atom stereocenters. The van der Waals surface area contributed by atoms with Crippen LogP contribution >= 0.6 is 11.8 Å². The molecule has 1 N–H and O–H groups in total. The van der Waals surface area contributed by atoms with Gasteiger partial charge in [-0.1, -0.05) is 36.8 Å². The molecule has 0 heterocycles. The van der Waals surface area contributed by atoms with E-state index in [9.17, 15) is 9.18 Å². The number of carbonyl (C=O) groups is 1. The first-order chi connectivity index (χ1) is 12.1. The maximum Gasteiger partial charge on any atom is 0.261 e. The Balaban J connectivity index is 1.69. The molecule has 0 aliphatic carbocycles. The van der Waals surface area contributed by atoms with Gasteiger partial charge in [-0.15, -0.1) is 0 Å². The molecule has 2 aromatic rings. The van der Waals surface area contributed by atoms with E-state index in [1.54, 1.807) is 11.8 Å². The van der Waals surface area contributed by atoms with Gasteiger partial charge in [-0.3, -0.25) is 4.79 Å². The number of halogens is 1. The second-order valence-corrected chi connectivity index (χ2v) is 6.91. The van der Waals surface area contributed by atoms with Crippen LogP contribution < -0.4 is 10.1 Å². The molecule has 0 saturated heterocycles. The van der Waals surface area contributed by atoms with E-state index in [0.29, 0.717) is 18.7 Å². The highest BCUT2D eigenvalue weighted by Crippen LogP contribution is 2.15. The van der Waals surface area contributed by atoms with Crippen LogP contribution in [-0.4, -0.2) is 24.3 Å². The van der Waals surface area contributed by atoms with Gasteiger partial charge >= 0.3 is 0 Å². The standard InChI is InChI=1S/C20H24FNO2S/c1-3-19(24-18-9-7-17(21)8-10-18)20(23)22-11-12-25-14-16-6-4-5-15(2)13-16/h4-10,13,19H,3,11-12,14H2,1-2H3,(H,22,23)/t19-/m0/s1. The van der Waals surface area contributed by atoms with Gasteiger partial charge in [-0.25, -0.2) is 4.39 Å². The molecule has 0 bridgehead atoms. The van der Waals surface area contributed by atoms with Crippen molar-refractivity contribution in [2.24, 2.45) is 0 Å². The number of amides is 1. The number of ether oxygens (including phenoxy) is 1. The van der Waals surface area contributed by atoms with E-state index >= 15 is 0 Å². The molecule has 1 atom stereocenters. The molecule has 0 aliphatic heterocycles. The fourth-order valence-corrected chi connectivity index (χ4v) is 3.16. The lowest BCUT2D eigenvalue weighted by molar-refractivity contribution is -0.127. The van der Waals surface area contributed by atoms with Gasteiger partial charge in [0.05, 0.1) is 0 Å². The van der Waals surface area contributed by atoms with Crippen LogP contribution in [0.5, 0.6) is 5.75 Å². The summed E-state index contributed by atoms with van der Waals surface area (Å²) >= 11 is 1.78. The number of aryl methyl sites for hydroxylation is 1. The molecule has 0 spiro atoms. The summed E-state index contributed by atoms with van der Waals surface area (Å²) in [5.74, 6) is 1.81. The Morgan fingerprint density at radius 2 is 2.00 bits per heavy atom. The number of nitrogens with one attached hydrogen (secondary N) is 1. The van der Waals surface area contributed by atoms with E-state index in [0.717, 1.165) is 11.5 Å². The molecule has 1 amide bonds. The third-order valence-electron chi connectivity index (χ3n) is 3.65. The third kappa shape index (κ3) is 6.78. The summed E-state index contributed by atoms with van der Waals surface area (Å²) in [4.78, 5) is 12.2. The normalized spacial score (nSPS) is 11.8. The van der Waals surface area contributed by atoms with Gasteiger partial charge in [0.2, 0.25) is 0 Å². The fraction of sp³-hybridized carbons (Fsp3) is 0.350. The first-order valence-corrected chi connectivity index (χ1v) is 9.57. The lowest BCUT2D eigenvalue weighted by atomic mass is 10.2. The van der Waals surface area contributed by atoms with Gasteiger partial charge in [-0.2, -0.15) is 11.8 Å². The van der Waals surface area contributed by atoms with E-state index in [2.05, 4.69) is 36.5 Å². The SMILES string of the molecule is CC[C@H](Oc1ccc(F)cc1)C(=O)NCCSCc1cccc(C)c1. The Morgan fingerprint density at radius 3 is 2.68 bits per heavy atom. The summed E-state index contributed by atoms with van der Waals surface area (Å²) in [6, 6.07) is 14.1. The summed E-state index contributed by atoms with van der Waals surface area (Å²) in [7, 11) is 0. The minimum absolute atomic E-state index is 0.136. The van der Waals surface area contributed by atoms with E-state index in [1.807, 2.05) is 6.92 Å². The Morgan fingerprint density at radius 1 is 1.24 bits per heavy atom. The van der Waals surface area contributed by atoms with Gasteiger partial charge in [0.25, 0.3) is 5.91 Å². The molecule has 0 fully saturated rings. The van der Waals surface area contributed by atoms with Gasteiger partial charge in [0.1, 0.15) is 11.6 Å². The Labute approximate surface area is 153 Å². The summed E-state index contributed by atoms with van der Waals surface area (Å²) in [5.41, 5.74) is 2.55. The monoisotopic (exact) mass is 361 g/mol. The van der Waals surface area contributed by atoms with Crippen LogP contribution in [0, 0.1) is 12.7 Å². The topological polar surface area (TPSA) is 38.3 Å². The molecule has 134 valence electrons. The van der Waals surface area contributed by atoms with Crippen molar-refractivity contribution >= 4 is 17.7 Å². The molecule has 2 rings (SSSR count). The van der Waals surface area contributed by atoms with Crippen molar-refractivity contribution < 1.29 is 13.9 Å². The summed E-state index contributed by atoms with van der Waals surface area (Å²) < 4.78 is 18.5. The van der Waals surface area contributed by atoms with Crippen molar-refractivity contribution in [1.82, 2.24) is 5.32 Å². The Kier molecular flexibility index (Phi) is 7.79. The highest BCUT2D eigenvalue weighted by Gasteiger charge is 2.17. The average Bonchev–Trinajstić information content (AvgIpc) is 2.61. The molecular formula is C20H24FNO2S. The van der Waals surface area contributed by atoms with E-state index in [1.165, 1.54) is 35.4 Å². The maximum atomic E-state index is 12.9. The van der Waals surface area contributed by atoms with Gasteiger partial charge in [0, 0.05) is 18.1 Å². The molecule has 0 saturated carbocycles. The zero-order valence-corrected chi connectivity index (χ0v) is 15.4. The van der Waals surface area contributed by atoms with Crippen LogP contribution in [0.1, 0.15) is 24.5 Å². The number of thioether (sulfide) groups is 1. The third-order valence-corrected chi connectivity index (χ3v) is 4.68. The van der Waals surface area contributed by atoms with Crippen LogP contribution in [0.25, 0.3) is 0 Å². The Hall–Kier alpha value is -2.01. The molecule has 0 radical (unpaired) electrons. The number of rotatable bonds is 9. The zero-order chi connectivity index (χ0) is 18.1. The molecular weight excluding hydrogens is 337 g/mol. The zero-order valence-electron chi connectivity index (χ0n) is 14.6. The van der Waals surface area contributed by atoms with Crippen molar-refractivity contribution in [2.45, 2.75) is 32.1 Å². The number of carbonyl (C=O) groups excluding carboxylic acids is 1. The van der Waals surface area contributed by atoms with Crippen molar-refractivity contribution in [3.8, 4) is 5.75 Å². The second kappa shape index (κ2) is 10.1. The van der Waals surface area contributed by atoms with E-state index in [-0.39, 0.29) is 11.7 Å². The van der Waals surface area contributed by atoms with E-state index in [4.69, 9.17) is 4.74 Å². The molecule has 25 heavy (non-hydrogen) atoms. The maximum absolute atomic E-state index is 12.9. The molecule has 3 nitrogen and oxygen atoms in total. The first kappa shape index (κ1) is 19.3. The number of hydrogen-bond acceptors (Lipinski definition) is 3. The predicted octanol–water partition coefficient (Wildman–Crippen LogP) is 4.34. The first-order valence-electron chi connectivity index (χ1n) is 8.41. The molecule has 5 heteroatoms. The predicted molar refractivity (Wildman–Crippen MR) is 101 cm³/mol. The smallest absolute Gasteiger partial charge is 0.261 e. The quantitative estimate of drug-likeness (QED) is 0.675. The van der Waals surface area contributed by atoms with Gasteiger partial charge < -0.3 is 10.1 Å². The summed E-state index contributed by atoms with van der Waals surface area (Å²) in [6.07, 6.45) is -0.00754. The minimum atomic E-state index is -0.563. The van der Waals surface area contributed by atoms with Crippen LogP contribution in [-0.2, 0) is 10.5 Å².